The highest BCUT2D eigenvalue weighted by atomic mass is 19.3. The first-order valence-electron chi connectivity index (χ1n) is 5.57. The molecule has 17 heavy (non-hydrogen) atoms. The number of para-hydroxylation sites is 1. The average molecular weight is 240 g/mol. The molecule has 1 heterocycles. The minimum absolute atomic E-state index is 0.361. The van der Waals surface area contributed by atoms with Gasteiger partial charge in [0.15, 0.2) is 0 Å². The van der Waals surface area contributed by atoms with Crippen molar-refractivity contribution in [2.24, 2.45) is 0 Å². The molecule has 0 saturated heterocycles. The summed E-state index contributed by atoms with van der Waals surface area (Å²) < 4.78 is 23.9. The number of nitrogens with one attached hydrogen (secondary N) is 2. The van der Waals surface area contributed by atoms with Crippen LogP contribution < -0.4 is 10.6 Å². The number of amides is 1. The third kappa shape index (κ3) is 2.93. The van der Waals surface area contributed by atoms with Crippen molar-refractivity contribution in [3.63, 3.8) is 0 Å². The van der Waals surface area contributed by atoms with Crippen molar-refractivity contribution < 1.29 is 13.6 Å². The van der Waals surface area contributed by atoms with Gasteiger partial charge in [-0.25, -0.2) is 8.78 Å². The van der Waals surface area contributed by atoms with Gasteiger partial charge in [0.05, 0.1) is 6.54 Å². The predicted molar refractivity (Wildman–Crippen MR) is 61.2 cm³/mol. The second-order valence-corrected chi connectivity index (χ2v) is 4.03. The Morgan fingerprint density at radius 3 is 3.00 bits per heavy atom. The summed E-state index contributed by atoms with van der Waals surface area (Å²) in [5.74, 6) is -0.361. The summed E-state index contributed by atoms with van der Waals surface area (Å²) in [6.45, 7) is -0.585. The van der Waals surface area contributed by atoms with Crippen molar-refractivity contribution in [3.8, 4) is 0 Å². The molecule has 0 saturated carbocycles. The fourth-order valence-corrected chi connectivity index (χ4v) is 1.94. The van der Waals surface area contributed by atoms with E-state index in [-0.39, 0.29) is 5.91 Å². The molecule has 1 aliphatic heterocycles. The van der Waals surface area contributed by atoms with Crippen molar-refractivity contribution in [2.45, 2.75) is 25.3 Å². The third-order valence-corrected chi connectivity index (χ3v) is 2.80. The molecule has 1 aromatic rings. The van der Waals surface area contributed by atoms with E-state index in [0.29, 0.717) is 6.42 Å². The summed E-state index contributed by atoms with van der Waals surface area (Å²) in [5.41, 5.74) is 2.07. The molecule has 1 unspecified atom stereocenters. The number of hydrogen-bond acceptors (Lipinski definition) is 2. The first-order valence-corrected chi connectivity index (χ1v) is 5.57. The van der Waals surface area contributed by atoms with E-state index in [1.807, 2.05) is 24.3 Å². The number of halogens is 2. The van der Waals surface area contributed by atoms with Gasteiger partial charge in [0.25, 0.3) is 6.43 Å². The molecule has 0 bridgehead atoms. The Bertz CT molecular complexity index is 409. The van der Waals surface area contributed by atoms with Crippen LogP contribution in [0, 0.1) is 0 Å². The van der Waals surface area contributed by atoms with E-state index in [9.17, 15) is 13.6 Å². The molecule has 0 spiro atoms. The molecular weight excluding hydrogens is 226 g/mol. The maximum absolute atomic E-state index is 12.0. The quantitative estimate of drug-likeness (QED) is 0.845. The zero-order valence-electron chi connectivity index (χ0n) is 9.25. The summed E-state index contributed by atoms with van der Waals surface area (Å²) in [7, 11) is 0. The molecule has 0 aliphatic carbocycles. The Labute approximate surface area is 98.2 Å². The van der Waals surface area contributed by atoms with Gasteiger partial charge in [-0.3, -0.25) is 4.79 Å². The lowest BCUT2D eigenvalue weighted by Gasteiger charge is -2.26. The van der Waals surface area contributed by atoms with Crippen LogP contribution in [-0.2, 0) is 11.2 Å². The van der Waals surface area contributed by atoms with E-state index < -0.39 is 19.0 Å². The minimum Gasteiger partial charge on any atom is -0.373 e. The number of alkyl halides is 2. The van der Waals surface area contributed by atoms with Crippen molar-refractivity contribution in [1.82, 2.24) is 5.32 Å². The van der Waals surface area contributed by atoms with Gasteiger partial charge in [-0.15, -0.1) is 0 Å². The first kappa shape index (κ1) is 11.8. The van der Waals surface area contributed by atoms with Crippen LogP contribution in [0.1, 0.15) is 12.0 Å². The summed E-state index contributed by atoms with van der Waals surface area (Å²) >= 11 is 0. The molecule has 2 rings (SSSR count). The molecule has 92 valence electrons. The molecule has 5 heteroatoms. The number of carbonyl (C=O) groups is 1. The lowest BCUT2D eigenvalue weighted by atomic mass is 9.98. The van der Waals surface area contributed by atoms with Gasteiger partial charge >= 0.3 is 0 Å². The third-order valence-electron chi connectivity index (χ3n) is 2.80. The van der Waals surface area contributed by atoms with Crippen LogP contribution in [0.15, 0.2) is 24.3 Å². The fourth-order valence-electron chi connectivity index (χ4n) is 1.94. The van der Waals surface area contributed by atoms with E-state index >= 15 is 0 Å². The minimum atomic E-state index is -2.50. The van der Waals surface area contributed by atoms with Crippen LogP contribution in [0.25, 0.3) is 0 Å². The molecule has 1 aliphatic rings. The van der Waals surface area contributed by atoms with E-state index in [0.717, 1.165) is 17.7 Å². The van der Waals surface area contributed by atoms with Crippen LogP contribution in [0.3, 0.4) is 0 Å². The number of anilines is 1. The molecule has 0 fully saturated rings. The standard InChI is InChI=1S/C12H14F2N2O/c13-11(14)7-15-12(17)10-6-5-8-3-1-2-4-9(8)16-10/h1-4,10-11,16H,5-7H2,(H,15,17). The van der Waals surface area contributed by atoms with Gasteiger partial charge in [-0.05, 0) is 24.5 Å². The molecular formula is C12H14F2N2O. The largest absolute Gasteiger partial charge is 0.373 e. The van der Waals surface area contributed by atoms with E-state index in [1.54, 1.807) is 0 Å². The van der Waals surface area contributed by atoms with Gasteiger partial charge in [0.1, 0.15) is 6.04 Å². The highest BCUT2D eigenvalue weighted by Gasteiger charge is 2.23. The van der Waals surface area contributed by atoms with Gasteiger partial charge in [0, 0.05) is 5.69 Å². The Balaban J connectivity index is 1.95. The summed E-state index contributed by atoms with van der Waals surface area (Å²) in [6, 6.07) is 7.30. The van der Waals surface area contributed by atoms with E-state index in [1.165, 1.54) is 0 Å². The highest BCUT2D eigenvalue weighted by molar-refractivity contribution is 5.85. The average Bonchev–Trinajstić information content (AvgIpc) is 2.35. The summed E-state index contributed by atoms with van der Waals surface area (Å²) in [5, 5.41) is 5.29. The summed E-state index contributed by atoms with van der Waals surface area (Å²) in [6.07, 6.45) is -1.09. The van der Waals surface area contributed by atoms with Crippen molar-refractivity contribution >= 4 is 11.6 Å². The molecule has 1 aromatic carbocycles. The van der Waals surface area contributed by atoms with Crippen molar-refractivity contribution in [2.75, 3.05) is 11.9 Å². The predicted octanol–water partition coefficient (Wildman–Crippen LogP) is 1.79. The van der Waals surface area contributed by atoms with E-state index in [2.05, 4.69) is 10.6 Å². The Morgan fingerprint density at radius 2 is 2.24 bits per heavy atom. The molecule has 1 atom stereocenters. The van der Waals surface area contributed by atoms with Gasteiger partial charge < -0.3 is 10.6 Å². The first-order chi connectivity index (χ1) is 8.16. The Morgan fingerprint density at radius 1 is 1.47 bits per heavy atom. The number of carbonyl (C=O) groups excluding carboxylic acids is 1. The molecule has 3 nitrogen and oxygen atoms in total. The smallest absolute Gasteiger partial charge is 0.255 e. The lowest BCUT2D eigenvalue weighted by molar-refractivity contribution is -0.122. The van der Waals surface area contributed by atoms with Crippen LogP contribution in [0.5, 0.6) is 0 Å². The number of fused-ring (bicyclic) bond motifs is 1. The SMILES string of the molecule is O=C(NCC(F)F)C1CCc2ccccc2N1. The van der Waals surface area contributed by atoms with Gasteiger partial charge in [0.2, 0.25) is 5.91 Å². The Kier molecular flexibility index (Phi) is 3.56. The second-order valence-electron chi connectivity index (χ2n) is 4.03. The molecule has 0 radical (unpaired) electrons. The molecule has 0 aromatic heterocycles. The van der Waals surface area contributed by atoms with Crippen LogP contribution >= 0.6 is 0 Å². The zero-order valence-corrected chi connectivity index (χ0v) is 9.25. The van der Waals surface area contributed by atoms with Crippen LogP contribution in [0.2, 0.25) is 0 Å². The highest BCUT2D eigenvalue weighted by Crippen LogP contribution is 2.24. The van der Waals surface area contributed by atoms with Gasteiger partial charge in [-0.1, -0.05) is 18.2 Å². The normalized spacial score (nSPS) is 18.4. The van der Waals surface area contributed by atoms with E-state index in [4.69, 9.17) is 0 Å². The summed E-state index contributed by atoms with van der Waals surface area (Å²) in [4.78, 5) is 11.6. The van der Waals surface area contributed by atoms with Crippen LogP contribution in [-0.4, -0.2) is 24.9 Å². The second kappa shape index (κ2) is 5.12. The van der Waals surface area contributed by atoms with Crippen molar-refractivity contribution in [1.29, 1.82) is 0 Å². The molecule has 1 amide bonds. The van der Waals surface area contributed by atoms with Crippen LogP contribution in [0.4, 0.5) is 14.5 Å². The number of rotatable bonds is 3. The fraction of sp³-hybridized carbons (Fsp3) is 0.417. The number of aryl methyl sites for hydroxylation is 1. The lowest BCUT2D eigenvalue weighted by Crippen LogP contribution is -2.43. The maximum Gasteiger partial charge on any atom is 0.255 e. The number of benzene rings is 1. The number of hydrogen-bond donors (Lipinski definition) is 2. The Hall–Kier alpha value is -1.65. The maximum atomic E-state index is 12.0. The van der Waals surface area contributed by atoms with Crippen molar-refractivity contribution in [3.05, 3.63) is 29.8 Å². The molecule has 2 N–H and O–H groups in total. The monoisotopic (exact) mass is 240 g/mol. The van der Waals surface area contributed by atoms with Gasteiger partial charge in [-0.2, -0.15) is 0 Å². The zero-order chi connectivity index (χ0) is 12.3. The topological polar surface area (TPSA) is 41.1 Å².